The van der Waals surface area contributed by atoms with E-state index in [2.05, 4.69) is 30.6 Å². The number of aryl methyl sites for hydroxylation is 1. The van der Waals surface area contributed by atoms with Crippen molar-refractivity contribution in [3.63, 3.8) is 0 Å². The molecular weight excluding hydrogens is 546 g/mol. The molecule has 0 aliphatic heterocycles. The number of aromatic amines is 1. The lowest BCUT2D eigenvalue weighted by Gasteiger charge is -2.18. The average molecular weight is 576 g/mol. The number of nitrogen functional groups attached to an aromatic ring is 1. The minimum absolute atomic E-state index is 0.0792. The van der Waals surface area contributed by atoms with Gasteiger partial charge in [0.15, 0.2) is 11.1 Å². The van der Waals surface area contributed by atoms with Gasteiger partial charge in [0.1, 0.15) is 29.2 Å². The number of aliphatic carboxylic acids is 2. The number of thioether (sulfide) groups is 1. The Labute approximate surface area is 231 Å². The zero-order valence-corrected chi connectivity index (χ0v) is 22.4. The van der Waals surface area contributed by atoms with Crippen molar-refractivity contribution in [1.29, 1.82) is 0 Å². The summed E-state index contributed by atoms with van der Waals surface area (Å²) >= 11 is 1.03. The molecule has 3 heterocycles. The Balaban J connectivity index is 1.81. The van der Waals surface area contributed by atoms with Gasteiger partial charge in [-0.1, -0.05) is 0 Å². The molecule has 0 saturated heterocycles. The Morgan fingerprint density at radius 2 is 1.93 bits per heavy atom. The lowest BCUT2D eigenvalue weighted by Crippen LogP contribution is -2.49. The number of rotatable bonds is 13. The second-order valence-corrected chi connectivity index (χ2v) is 9.87. The summed E-state index contributed by atoms with van der Waals surface area (Å²) in [5.41, 5.74) is 13.8. The number of H-pyrrole nitrogens is 1. The number of pyridine rings is 1. The molecule has 0 radical (unpaired) electrons. The number of hydrogen-bond donors (Lipinski definition) is 7. The summed E-state index contributed by atoms with van der Waals surface area (Å²) in [5, 5.41) is 22.8. The second kappa shape index (κ2) is 13.0. The smallest absolute Gasteiger partial charge is 0.322 e. The van der Waals surface area contributed by atoms with E-state index in [1.54, 1.807) is 24.6 Å². The average Bonchev–Trinajstić information content (AvgIpc) is 3.30. The van der Waals surface area contributed by atoms with Crippen molar-refractivity contribution >= 4 is 52.6 Å². The van der Waals surface area contributed by atoms with Crippen LogP contribution in [0.1, 0.15) is 29.7 Å². The molecule has 0 spiro atoms. The van der Waals surface area contributed by atoms with Crippen LogP contribution in [0.2, 0.25) is 0 Å². The van der Waals surface area contributed by atoms with Gasteiger partial charge in [0.05, 0.1) is 12.9 Å². The molecule has 2 amide bonds. The Kier molecular flexibility index (Phi) is 9.78. The third-order valence-corrected chi connectivity index (χ3v) is 6.90. The maximum atomic E-state index is 12.6. The first kappa shape index (κ1) is 30.0. The number of carbonyl (C=O) groups excluding carboxylic acids is 2. The van der Waals surface area contributed by atoms with Gasteiger partial charge in [-0.25, -0.2) is 9.97 Å². The summed E-state index contributed by atoms with van der Waals surface area (Å²) in [6.07, 6.45) is 2.69. The highest BCUT2D eigenvalue weighted by Crippen LogP contribution is 2.26. The number of nitrogens with one attached hydrogen (secondary N) is 3. The van der Waals surface area contributed by atoms with Crippen molar-refractivity contribution in [1.82, 2.24) is 35.1 Å². The third-order valence-electron chi connectivity index (χ3n) is 5.84. The van der Waals surface area contributed by atoms with Gasteiger partial charge in [0, 0.05) is 35.2 Å². The number of amides is 2. The summed E-state index contributed by atoms with van der Waals surface area (Å²) < 4.78 is 1.68. The number of hydrogen-bond acceptors (Lipinski definition) is 11. The lowest BCUT2D eigenvalue weighted by molar-refractivity contribution is -0.139. The molecule has 3 aromatic heterocycles. The monoisotopic (exact) mass is 575 g/mol. The van der Waals surface area contributed by atoms with Crippen molar-refractivity contribution in [2.75, 3.05) is 18.0 Å². The molecule has 3 rings (SSSR count). The minimum Gasteiger partial charge on any atom is -0.480 e. The summed E-state index contributed by atoms with van der Waals surface area (Å²) in [5.74, 6) is -4.14. The molecule has 214 valence electrons. The van der Waals surface area contributed by atoms with Crippen LogP contribution in [0.4, 0.5) is 5.95 Å². The van der Waals surface area contributed by atoms with Crippen LogP contribution < -0.4 is 27.5 Å². The number of imidazole rings is 1. The fraction of sp³-hybridized carbons (Fsp3) is 0.391. The van der Waals surface area contributed by atoms with Crippen molar-refractivity contribution in [3.8, 4) is 0 Å². The number of carbonyl (C=O) groups is 4. The quantitative estimate of drug-likeness (QED) is 0.0927. The second-order valence-electron chi connectivity index (χ2n) is 8.86. The minimum atomic E-state index is -1.28. The normalized spacial score (nSPS) is 12.6. The van der Waals surface area contributed by atoms with Gasteiger partial charge in [-0.15, -0.1) is 11.8 Å². The highest BCUT2D eigenvalue weighted by atomic mass is 32.2. The van der Waals surface area contributed by atoms with E-state index in [1.165, 1.54) is 6.33 Å². The van der Waals surface area contributed by atoms with Crippen molar-refractivity contribution < 1.29 is 29.4 Å². The number of nitrogens with two attached hydrogens (primary N) is 2. The molecule has 9 N–H and O–H groups in total. The molecule has 0 aliphatic carbocycles. The highest BCUT2D eigenvalue weighted by molar-refractivity contribution is 7.99. The molecule has 17 heteroatoms. The Bertz CT molecular complexity index is 1500. The molecule has 0 aliphatic rings. The molecule has 16 nitrogen and oxygen atoms in total. The number of nitrogens with zero attached hydrogens (tertiary/aromatic N) is 4. The third kappa shape index (κ3) is 7.54. The molecule has 0 fully saturated rings. The molecule has 0 bridgehead atoms. The fourth-order valence-electron chi connectivity index (χ4n) is 3.59. The van der Waals surface area contributed by atoms with Crippen LogP contribution in [0, 0.1) is 13.8 Å². The van der Waals surface area contributed by atoms with Crippen LogP contribution in [0.15, 0.2) is 22.3 Å². The first-order valence-electron chi connectivity index (χ1n) is 11.9. The molecule has 0 saturated carbocycles. The number of carboxylic acids is 2. The molecular formula is C23H29N9O7S. The first-order valence-corrected chi connectivity index (χ1v) is 12.9. The standard InChI is InChI=1S/C23H29N9O7S/c1-10-5-26-13(11(2)18(10)36)7-32-9-28-17-19(32)30-23(25)31-21(17)40-8-14(20(37)27-6-16(34)35)29-15(33)4-3-12(24)22(38)39/h5,9,12,14H,3-4,6-8,24H2,1-2H3,(H,26,36)(H,27,37)(H,29,33)(H,34,35)(H,38,39)(H2,25,30,31)/t12-,14-/m0/s1. The molecule has 40 heavy (non-hydrogen) atoms. The van der Waals surface area contributed by atoms with E-state index in [9.17, 15) is 24.0 Å². The van der Waals surface area contributed by atoms with E-state index < -0.39 is 42.4 Å². The van der Waals surface area contributed by atoms with Crippen LogP contribution in [-0.4, -0.2) is 82.9 Å². The summed E-state index contributed by atoms with van der Waals surface area (Å²) in [6.45, 7) is 2.99. The van der Waals surface area contributed by atoms with Crippen LogP contribution in [0.5, 0.6) is 0 Å². The molecule has 0 unspecified atom stereocenters. The summed E-state index contributed by atoms with van der Waals surface area (Å²) in [4.78, 5) is 75.1. The van der Waals surface area contributed by atoms with E-state index in [-0.39, 0.29) is 36.5 Å². The first-order chi connectivity index (χ1) is 18.9. The van der Waals surface area contributed by atoms with Gasteiger partial charge >= 0.3 is 11.9 Å². The fourth-order valence-corrected chi connectivity index (χ4v) is 4.59. The maximum Gasteiger partial charge on any atom is 0.322 e. The zero-order chi connectivity index (χ0) is 29.6. The lowest BCUT2D eigenvalue weighted by atomic mass is 10.1. The van der Waals surface area contributed by atoms with Crippen LogP contribution in [-0.2, 0) is 25.7 Å². The van der Waals surface area contributed by atoms with E-state index >= 15 is 0 Å². The van der Waals surface area contributed by atoms with Gasteiger partial charge < -0.3 is 41.9 Å². The number of fused-ring (bicyclic) bond motifs is 1. The van der Waals surface area contributed by atoms with E-state index in [0.29, 0.717) is 33.0 Å². The predicted molar refractivity (Wildman–Crippen MR) is 144 cm³/mol. The zero-order valence-electron chi connectivity index (χ0n) is 21.6. The van der Waals surface area contributed by atoms with Crippen LogP contribution >= 0.6 is 11.8 Å². The Morgan fingerprint density at radius 1 is 1.20 bits per heavy atom. The number of carboxylic acid groups (broad SMARTS) is 2. The van der Waals surface area contributed by atoms with Crippen LogP contribution in [0.25, 0.3) is 11.2 Å². The predicted octanol–water partition coefficient (Wildman–Crippen LogP) is -1.27. The molecule has 2 atom stereocenters. The number of aromatic nitrogens is 5. The van der Waals surface area contributed by atoms with E-state index in [0.717, 1.165) is 11.8 Å². The maximum absolute atomic E-state index is 12.6. The van der Waals surface area contributed by atoms with Crippen LogP contribution in [0.3, 0.4) is 0 Å². The molecule has 3 aromatic rings. The van der Waals surface area contributed by atoms with Crippen molar-refractivity contribution in [2.24, 2.45) is 5.73 Å². The van der Waals surface area contributed by atoms with Gasteiger partial charge in [-0.3, -0.25) is 24.0 Å². The van der Waals surface area contributed by atoms with Gasteiger partial charge in [0.2, 0.25) is 17.8 Å². The highest BCUT2D eigenvalue weighted by Gasteiger charge is 2.24. The molecule has 0 aromatic carbocycles. The summed E-state index contributed by atoms with van der Waals surface area (Å²) in [6, 6.07) is -2.46. The Morgan fingerprint density at radius 3 is 2.60 bits per heavy atom. The number of anilines is 1. The van der Waals surface area contributed by atoms with E-state index in [4.69, 9.17) is 21.7 Å². The van der Waals surface area contributed by atoms with Gasteiger partial charge in [-0.2, -0.15) is 4.98 Å². The summed E-state index contributed by atoms with van der Waals surface area (Å²) in [7, 11) is 0. The largest absolute Gasteiger partial charge is 0.480 e. The van der Waals surface area contributed by atoms with Crippen molar-refractivity contribution in [2.45, 2.75) is 50.3 Å². The van der Waals surface area contributed by atoms with Crippen molar-refractivity contribution in [3.05, 3.63) is 39.6 Å². The SMILES string of the molecule is Cc1c[nH]c(Cn2cnc3c(SC[C@H](NC(=O)CC[C@H](N)C(=O)O)C(=O)NCC(=O)O)nc(N)nc32)c(C)c1=O. The Hall–Kier alpha value is -4.51. The topological polar surface area (TPSA) is 261 Å². The van der Waals surface area contributed by atoms with E-state index in [1.807, 2.05) is 0 Å². The van der Waals surface area contributed by atoms with Gasteiger partial charge in [0.25, 0.3) is 0 Å². The van der Waals surface area contributed by atoms with Gasteiger partial charge in [-0.05, 0) is 20.3 Å².